The second kappa shape index (κ2) is 7.10. The molecule has 0 aliphatic heterocycles. The van der Waals surface area contributed by atoms with Crippen LogP contribution < -0.4 is 16.2 Å². The highest BCUT2D eigenvalue weighted by Crippen LogP contribution is 2.26. The summed E-state index contributed by atoms with van der Waals surface area (Å²) in [4.78, 5) is 23.0. The van der Waals surface area contributed by atoms with Crippen LogP contribution in [0.15, 0.2) is 12.1 Å². The number of aryl methyl sites for hydroxylation is 2. The number of aromatic nitrogens is 3. The summed E-state index contributed by atoms with van der Waals surface area (Å²) >= 11 is 5.94. The van der Waals surface area contributed by atoms with Crippen molar-refractivity contribution in [2.75, 3.05) is 18.1 Å². The first-order valence-corrected chi connectivity index (χ1v) is 7.04. The molecule has 9 heteroatoms. The molecule has 0 fully saturated rings. The van der Waals surface area contributed by atoms with Crippen molar-refractivity contribution in [2.24, 2.45) is 0 Å². The number of halogens is 1. The van der Waals surface area contributed by atoms with Crippen LogP contribution in [0, 0.1) is 13.8 Å². The molecule has 0 aliphatic rings. The molecule has 0 radical (unpaired) electrons. The molecule has 1 heterocycles. The Balaban J connectivity index is 1.91. The zero-order chi connectivity index (χ0) is 17.0. The van der Waals surface area contributed by atoms with E-state index in [0.717, 1.165) is 11.1 Å². The zero-order valence-corrected chi connectivity index (χ0v) is 13.4. The van der Waals surface area contributed by atoms with Crippen LogP contribution in [0.2, 0.25) is 5.02 Å². The SMILES string of the molecule is Cc1cc(Cl)cc(C)c1OCC(=O)OCc1nc(N)nc(N)n1. The Morgan fingerprint density at radius 1 is 1.13 bits per heavy atom. The molecule has 2 rings (SSSR count). The first-order valence-electron chi connectivity index (χ1n) is 6.66. The van der Waals surface area contributed by atoms with Crippen molar-refractivity contribution in [1.82, 2.24) is 15.0 Å². The summed E-state index contributed by atoms with van der Waals surface area (Å²) in [5, 5.41) is 0.611. The van der Waals surface area contributed by atoms with Crippen LogP contribution in [-0.2, 0) is 16.1 Å². The minimum atomic E-state index is -0.573. The van der Waals surface area contributed by atoms with Gasteiger partial charge in [-0.15, -0.1) is 0 Å². The van der Waals surface area contributed by atoms with E-state index < -0.39 is 5.97 Å². The molecule has 1 aromatic carbocycles. The minimum absolute atomic E-state index is 0.0350. The third kappa shape index (κ3) is 4.68. The predicted molar refractivity (Wildman–Crippen MR) is 84.9 cm³/mol. The highest BCUT2D eigenvalue weighted by molar-refractivity contribution is 6.30. The van der Waals surface area contributed by atoms with Gasteiger partial charge in [-0.05, 0) is 37.1 Å². The Labute approximate surface area is 137 Å². The number of benzene rings is 1. The summed E-state index contributed by atoms with van der Waals surface area (Å²) in [6, 6.07) is 3.51. The molecular formula is C14H16ClN5O3. The van der Waals surface area contributed by atoms with E-state index in [2.05, 4.69) is 15.0 Å². The quantitative estimate of drug-likeness (QED) is 0.784. The molecule has 8 nitrogen and oxygen atoms in total. The van der Waals surface area contributed by atoms with Gasteiger partial charge in [-0.3, -0.25) is 0 Å². The fourth-order valence-corrected chi connectivity index (χ4v) is 2.29. The number of anilines is 2. The van der Waals surface area contributed by atoms with Crippen LogP contribution >= 0.6 is 11.6 Å². The maximum absolute atomic E-state index is 11.7. The van der Waals surface area contributed by atoms with E-state index in [-0.39, 0.29) is 30.9 Å². The normalized spacial score (nSPS) is 10.4. The molecule has 0 bridgehead atoms. The standard InChI is InChI=1S/C14H16ClN5O3/c1-7-3-9(15)4-8(2)12(7)23-6-11(21)22-5-10-18-13(16)20-14(17)19-10/h3-4H,5-6H2,1-2H3,(H4,16,17,18,19,20). The van der Waals surface area contributed by atoms with Gasteiger partial charge in [-0.25, -0.2) is 4.79 Å². The Bertz CT molecular complexity index is 695. The van der Waals surface area contributed by atoms with Gasteiger partial charge in [0.15, 0.2) is 19.0 Å². The first-order chi connectivity index (χ1) is 10.8. The van der Waals surface area contributed by atoms with Gasteiger partial charge in [0.25, 0.3) is 0 Å². The summed E-state index contributed by atoms with van der Waals surface area (Å²) in [5.41, 5.74) is 12.5. The van der Waals surface area contributed by atoms with Gasteiger partial charge in [-0.1, -0.05) is 11.6 Å². The molecule has 4 N–H and O–H groups in total. The number of hydrogen-bond donors (Lipinski definition) is 2. The monoisotopic (exact) mass is 337 g/mol. The zero-order valence-electron chi connectivity index (χ0n) is 12.7. The van der Waals surface area contributed by atoms with Crippen molar-refractivity contribution in [3.8, 4) is 5.75 Å². The molecular weight excluding hydrogens is 322 g/mol. The Kier molecular flexibility index (Phi) is 5.17. The molecule has 0 saturated heterocycles. The lowest BCUT2D eigenvalue weighted by atomic mass is 10.1. The van der Waals surface area contributed by atoms with E-state index in [1.165, 1.54) is 0 Å². The highest BCUT2D eigenvalue weighted by Gasteiger charge is 2.11. The lowest BCUT2D eigenvalue weighted by Gasteiger charge is -2.12. The average Bonchev–Trinajstić information content (AvgIpc) is 2.43. The fraction of sp³-hybridized carbons (Fsp3) is 0.286. The maximum atomic E-state index is 11.7. The topological polar surface area (TPSA) is 126 Å². The minimum Gasteiger partial charge on any atom is -0.481 e. The van der Waals surface area contributed by atoms with Gasteiger partial charge in [0.2, 0.25) is 11.9 Å². The lowest BCUT2D eigenvalue weighted by Crippen LogP contribution is -2.17. The van der Waals surface area contributed by atoms with Crippen LogP contribution in [0.25, 0.3) is 0 Å². The Hall–Kier alpha value is -2.61. The summed E-state index contributed by atoms with van der Waals surface area (Å²) in [5.74, 6) is 0.123. The van der Waals surface area contributed by atoms with Gasteiger partial charge in [0, 0.05) is 5.02 Å². The van der Waals surface area contributed by atoms with Crippen molar-refractivity contribution >= 4 is 29.5 Å². The number of ether oxygens (including phenoxy) is 2. The maximum Gasteiger partial charge on any atom is 0.344 e. The second-order valence-electron chi connectivity index (χ2n) is 4.79. The van der Waals surface area contributed by atoms with Crippen LogP contribution in [0.5, 0.6) is 5.75 Å². The van der Waals surface area contributed by atoms with Crippen molar-refractivity contribution in [3.05, 3.63) is 34.1 Å². The van der Waals surface area contributed by atoms with Gasteiger partial charge < -0.3 is 20.9 Å². The Morgan fingerprint density at radius 3 is 2.26 bits per heavy atom. The number of carbonyl (C=O) groups excluding carboxylic acids is 1. The van der Waals surface area contributed by atoms with E-state index >= 15 is 0 Å². The molecule has 1 aromatic heterocycles. The number of nitrogens with zero attached hydrogens (tertiary/aromatic N) is 3. The number of esters is 1. The number of nitrogen functional groups attached to an aromatic ring is 2. The van der Waals surface area contributed by atoms with Crippen LogP contribution in [0.3, 0.4) is 0 Å². The first kappa shape index (κ1) is 16.8. The number of nitrogens with two attached hydrogens (primary N) is 2. The van der Waals surface area contributed by atoms with Crippen LogP contribution in [0.4, 0.5) is 11.9 Å². The molecule has 0 amide bonds. The largest absolute Gasteiger partial charge is 0.481 e. The fourth-order valence-electron chi connectivity index (χ4n) is 1.96. The summed E-state index contributed by atoms with van der Waals surface area (Å²) in [6.07, 6.45) is 0. The molecule has 0 unspecified atom stereocenters. The van der Waals surface area contributed by atoms with Gasteiger partial charge in [-0.2, -0.15) is 15.0 Å². The molecule has 0 atom stereocenters. The van der Waals surface area contributed by atoms with E-state index in [1.54, 1.807) is 12.1 Å². The van der Waals surface area contributed by atoms with E-state index in [0.29, 0.717) is 10.8 Å². The smallest absolute Gasteiger partial charge is 0.344 e. The lowest BCUT2D eigenvalue weighted by molar-refractivity contribution is -0.147. The Morgan fingerprint density at radius 2 is 1.70 bits per heavy atom. The van der Waals surface area contributed by atoms with Gasteiger partial charge in [0.05, 0.1) is 0 Å². The predicted octanol–water partition coefficient (Wildman–Crippen LogP) is 1.43. The van der Waals surface area contributed by atoms with Crippen LogP contribution in [-0.4, -0.2) is 27.5 Å². The third-order valence-electron chi connectivity index (χ3n) is 2.84. The molecule has 0 spiro atoms. The number of hydrogen-bond acceptors (Lipinski definition) is 8. The van der Waals surface area contributed by atoms with Crippen molar-refractivity contribution in [1.29, 1.82) is 0 Å². The van der Waals surface area contributed by atoms with Gasteiger partial charge >= 0.3 is 5.97 Å². The average molecular weight is 338 g/mol. The summed E-state index contributed by atoms with van der Waals surface area (Å²) < 4.78 is 10.5. The summed E-state index contributed by atoms with van der Waals surface area (Å²) in [6.45, 7) is 3.27. The van der Waals surface area contributed by atoms with E-state index in [1.807, 2.05) is 13.8 Å². The van der Waals surface area contributed by atoms with E-state index in [9.17, 15) is 4.79 Å². The van der Waals surface area contributed by atoms with Crippen LogP contribution in [0.1, 0.15) is 17.0 Å². The van der Waals surface area contributed by atoms with Crippen molar-refractivity contribution in [2.45, 2.75) is 20.5 Å². The third-order valence-corrected chi connectivity index (χ3v) is 3.06. The number of rotatable bonds is 5. The molecule has 122 valence electrons. The van der Waals surface area contributed by atoms with Crippen molar-refractivity contribution < 1.29 is 14.3 Å². The molecule has 2 aromatic rings. The second-order valence-corrected chi connectivity index (χ2v) is 5.22. The molecule has 0 saturated carbocycles. The molecule has 0 aliphatic carbocycles. The number of carbonyl (C=O) groups is 1. The van der Waals surface area contributed by atoms with Gasteiger partial charge in [0.1, 0.15) is 5.75 Å². The van der Waals surface area contributed by atoms with Crippen molar-refractivity contribution in [3.63, 3.8) is 0 Å². The summed E-state index contributed by atoms with van der Waals surface area (Å²) in [7, 11) is 0. The molecule has 23 heavy (non-hydrogen) atoms. The highest BCUT2D eigenvalue weighted by atomic mass is 35.5. The van der Waals surface area contributed by atoms with E-state index in [4.69, 9.17) is 32.5 Å².